The number of hydrogen-bond acceptors (Lipinski definition) is 2. The average Bonchev–Trinajstić information content (AvgIpc) is 2.31. The third kappa shape index (κ3) is 5.29. The minimum Gasteiger partial charge on any atom is -0.236 e. The fraction of sp³-hybridized carbons (Fsp3) is 0.571. The summed E-state index contributed by atoms with van der Waals surface area (Å²) in [6, 6.07) is 8.53. The Morgan fingerprint density at radius 1 is 0.875 bits per heavy atom. The van der Waals surface area contributed by atoms with E-state index in [1.807, 2.05) is 0 Å². The summed E-state index contributed by atoms with van der Waals surface area (Å²) in [5.74, 6) is 0. The molecular weight excluding hydrogens is 200 g/mol. The molecule has 0 amide bonds. The largest absolute Gasteiger partial charge is 0.236 e. The monoisotopic (exact) mass is 222 g/mol. The van der Waals surface area contributed by atoms with Crippen molar-refractivity contribution in [1.29, 1.82) is 0 Å². The Morgan fingerprint density at radius 2 is 1.56 bits per heavy atom. The van der Waals surface area contributed by atoms with Crippen molar-refractivity contribution < 1.29 is 9.78 Å². The Kier molecular flexibility index (Phi) is 6.86. The first kappa shape index (κ1) is 13.2. The second-order valence-corrected chi connectivity index (χ2v) is 4.00. The fourth-order valence-corrected chi connectivity index (χ4v) is 1.46. The molecule has 0 aliphatic heterocycles. The van der Waals surface area contributed by atoms with Gasteiger partial charge < -0.3 is 0 Å². The van der Waals surface area contributed by atoms with Crippen molar-refractivity contribution >= 4 is 0 Å². The van der Waals surface area contributed by atoms with Crippen molar-refractivity contribution in [3.05, 3.63) is 35.4 Å². The second-order valence-electron chi connectivity index (χ2n) is 4.00. The molecule has 1 aromatic carbocycles. The van der Waals surface area contributed by atoms with Crippen LogP contribution in [0, 0.1) is 0 Å². The van der Waals surface area contributed by atoms with E-state index in [0.29, 0.717) is 13.2 Å². The van der Waals surface area contributed by atoms with E-state index in [1.165, 1.54) is 12.0 Å². The molecule has 2 nitrogen and oxygen atoms in total. The molecule has 1 aromatic rings. The molecule has 0 aromatic heterocycles. The van der Waals surface area contributed by atoms with E-state index in [1.54, 1.807) is 0 Å². The molecule has 0 spiro atoms. The summed E-state index contributed by atoms with van der Waals surface area (Å²) >= 11 is 0. The van der Waals surface area contributed by atoms with Gasteiger partial charge in [-0.2, -0.15) is 0 Å². The summed E-state index contributed by atoms with van der Waals surface area (Å²) in [5, 5.41) is 0. The molecule has 1 rings (SSSR count). The summed E-state index contributed by atoms with van der Waals surface area (Å²) in [4.78, 5) is 10.2. The summed E-state index contributed by atoms with van der Waals surface area (Å²) in [5.41, 5.74) is 2.55. The number of hydrogen-bond donors (Lipinski definition) is 0. The van der Waals surface area contributed by atoms with Gasteiger partial charge >= 0.3 is 0 Å². The normalized spacial score (nSPS) is 10.6. The number of benzene rings is 1. The van der Waals surface area contributed by atoms with Gasteiger partial charge in [-0.1, -0.05) is 51.0 Å². The van der Waals surface area contributed by atoms with Crippen molar-refractivity contribution in [2.45, 2.75) is 46.1 Å². The molecule has 0 aliphatic carbocycles. The third-order valence-electron chi connectivity index (χ3n) is 2.45. The first-order valence-electron chi connectivity index (χ1n) is 6.19. The third-order valence-corrected chi connectivity index (χ3v) is 2.45. The van der Waals surface area contributed by atoms with Crippen LogP contribution < -0.4 is 0 Å². The topological polar surface area (TPSA) is 18.5 Å². The van der Waals surface area contributed by atoms with Gasteiger partial charge in [-0.15, -0.1) is 0 Å². The molecule has 2 heteroatoms. The molecule has 0 aliphatic rings. The maximum Gasteiger partial charge on any atom is 0.107 e. The highest BCUT2D eigenvalue weighted by atomic mass is 17.2. The van der Waals surface area contributed by atoms with Crippen LogP contribution in [-0.2, 0) is 22.8 Å². The van der Waals surface area contributed by atoms with Gasteiger partial charge in [-0.3, -0.25) is 0 Å². The molecule has 0 radical (unpaired) electrons. The highest BCUT2D eigenvalue weighted by Crippen LogP contribution is 2.08. The summed E-state index contributed by atoms with van der Waals surface area (Å²) < 4.78 is 0. The van der Waals surface area contributed by atoms with E-state index in [9.17, 15) is 0 Å². The van der Waals surface area contributed by atoms with E-state index < -0.39 is 0 Å². The van der Waals surface area contributed by atoms with Crippen LogP contribution in [0.15, 0.2) is 24.3 Å². The Morgan fingerprint density at radius 3 is 2.19 bits per heavy atom. The van der Waals surface area contributed by atoms with Crippen LogP contribution in [0.2, 0.25) is 0 Å². The minimum absolute atomic E-state index is 0.538. The highest BCUT2D eigenvalue weighted by Gasteiger charge is 1.95. The predicted molar refractivity (Wildman–Crippen MR) is 66.1 cm³/mol. The molecule has 16 heavy (non-hydrogen) atoms. The summed E-state index contributed by atoms with van der Waals surface area (Å²) in [7, 11) is 0. The first-order chi connectivity index (χ1) is 7.86. The first-order valence-corrected chi connectivity index (χ1v) is 6.19. The lowest BCUT2D eigenvalue weighted by Crippen LogP contribution is -1.97. The molecule has 0 heterocycles. The van der Waals surface area contributed by atoms with Crippen molar-refractivity contribution in [3.8, 4) is 0 Å². The fourth-order valence-electron chi connectivity index (χ4n) is 1.46. The summed E-state index contributed by atoms with van der Waals surface area (Å²) in [6.07, 6.45) is 4.52. The zero-order valence-corrected chi connectivity index (χ0v) is 10.4. The SMILES string of the molecule is CCCCOOCc1ccc(CCC)cc1. The molecule has 0 unspecified atom stereocenters. The van der Waals surface area contributed by atoms with Gasteiger partial charge in [0.1, 0.15) is 6.61 Å². The Hall–Kier alpha value is -0.860. The van der Waals surface area contributed by atoms with Gasteiger partial charge in [0, 0.05) is 0 Å². The van der Waals surface area contributed by atoms with Crippen LogP contribution >= 0.6 is 0 Å². The van der Waals surface area contributed by atoms with E-state index in [4.69, 9.17) is 9.78 Å². The predicted octanol–water partition coefficient (Wildman–Crippen LogP) is 3.89. The Bertz CT molecular complexity index is 267. The van der Waals surface area contributed by atoms with Crippen molar-refractivity contribution in [2.75, 3.05) is 6.61 Å². The molecular formula is C14H22O2. The van der Waals surface area contributed by atoms with E-state index in [0.717, 1.165) is 24.8 Å². The van der Waals surface area contributed by atoms with Crippen LogP contribution in [0.5, 0.6) is 0 Å². The van der Waals surface area contributed by atoms with E-state index in [2.05, 4.69) is 38.1 Å². The van der Waals surface area contributed by atoms with Gasteiger partial charge in [0.05, 0.1) is 6.61 Å². The summed E-state index contributed by atoms with van der Waals surface area (Å²) in [6.45, 7) is 5.55. The van der Waals surface area contributed by atoms with Gasteiger partial charge in [0.15, 0.2) is 0 Å². The second kappa shape index (κ2) is 8.31. The van der Waals surface area contributed by atoms with Gasteiger partial charge in [0.2, 0.25) is 0 Å². The van der Waals surface area contributed by atoms with Crippen molar-refractivity contribution in [1.82, 2.24) is 0 Å². The maximum atomic E-state index is 5.12. The number of rotatable bonds is 8. The minimum atomic E-state index is 0.538. The molecule has 0 saturated carbocycles. The van der Waals surface area contributed by atoms with Crippen molar-refractivity contribution in [2.24, 2.45) is 0 Å². The van der Waals surface area contributed by atoms with Crippen LogP contribution in [-0.4, -0.2) is 6.61 Å². The lowest BCUT2D eigenvalue weighted by molar-refractivity contribution is -0.304. The molecule has 0 bridgehead atoms. The molecule has 0 saturated heterocycles. The van der Waals surface area contributed by atoms with Crippen LogP contribution in [0.1, 0.15) is 44.2 Å². The Balaban J connectivity index is 2.21. The van der Waals surface area contributed by atoms with Gasteiger partial charge in [-0.05, 0) is 24.0 Å². The lowest BCUT2D eigenvalue weighted by Gasteiger charge is -2.04. The smallest absolute Gasteiger partial charge is 0.107 e. The molecule has 0 atom stereocenters. The Labute approximate surface area is 98.5 Å². The highest BCUT2D eigenvalue weighted by molar-refractivity contribution is 5.21. The van der Waals surface area contributed by atoms with Gasteiger partial charge in [-0.25, -0.2) is 9.78 Å². The lowest BCUT2D eigenvalue weighted by atomic mass is 10.1. The van der Waals surface area contributed by atoms with Crippen molar-refractivity contribution in [3.63, 3.8) is 0 Å². The number of aryl methyl sites for hydroxylation is 1. The molecule has 0 fully saturated rings. The van der Waals surface area contributed by atoms with E-state index >= 15 is 0 Å². The van der Waals surface area contributed by atoms with Crippen LogP contribution in [0.4, 0.5) is 0 Å². The molecule has 90 valence electrons. The van der Waals surface area contributed by atoms with E-state index in [-0.39, 0.29) is 0 Å². The molecule has 0 N–H and O–H groups in total. The maximum absolute atomic E-state index is 5.12. The van der Waals surface area contributed by atoms with Crippen LogP contribution in [0.3, 0.4) is 0 Å². The van der Waals surface area contributed by atoms with Gasteiger partial charge in [0.25, 0.3) is 0 Å². The average molecular weight is 222 g/mol. The zero-order chi connectivity index (χ0) is 11.6. The van der Waals surface area contributed by atoms with Crippen LogP contribution in [0.25, 0.3) is 0 Å². The zero-order valence-electron chi connectivity index (χ0n) is 10.4. The quantitative estimate of drug-likeness (QED) is 0.377. The number of unbranched alkanes of at least 4 members (excludes halogenated alkanes) is 1. The standard InChI is InChI=1S/C14H22O2/c1-3-5-11-15-16-12-14-9-7-13(6-4-2)8-10-14/h7-10H,3-6,11-12H2,1-2H3.